The first-order valence-corrected chi connectivity index (χ1v) is 11.2. The molecule has 1 heterocycles. The highest BCUT2D eigenvalue weighted by molar-refractivity contribution is 7.16. The molecule has 0 spiro atoms. The topological polar surface area (TPSA) is 46.4 Å². The van der Waals surface area contributed by atoms with Crippen molar-refractivity contribution in [3.8, 4) is 0 Å². The molecule has 0 saturated heterocycles. The molecule has 0 aliphatic carbocycles. The average Bonchev–Trinajstić information content (AvgIpc) is 3.09. The molecule has 1 amide bonds. The Morgan fingerprint density at radius 2 is 1.85 bits per heavy atom. The number of anilines is 1. The highest BCUT2D eigenvalue weighted by Crippen LogP contribution is 2.36. The number of carbonyl (C=O) groups is 1. The number of alkyl halides is 3. The summed E-state index contributed by atoms with van der Waals surface area (Å²) in [5.41, 5.74) is 1.97. The summed E-state index contributed by atoms with van der Waals surface area (Å²) < 4.78 is 42.2. The summed E-state index contributed by atoms with van der Waals surface area (Å²) in [7, 11) is 0. The van der Waals surface area contributed by atoms with Crippen molar-refractivity contribution < 1.29 is 18.0 Å². The van der Waals surface area contributed by atoms with Crippen molar-refractivity contribution in [2.24, 2.45) is 4.99 Å². The van der Waals surface area contributed by atoms with E-state index in [-0.39, 0.29) is 12.2 Å². The SMILES string of the molecule is Cc1ccc2c(c1)sc(=NCc1ccccc1)n2CC(=O)Nc1ccc(Cl)c(C(F)(F)F)c1. The van der Waals surface area contributed by atoms with Gasteiger partial charge < -0.3 is 9.88 Å². The fourth-order valence-corrected chi connectivity index (χ4v) is 4.71. The van der Waals surface area contributed by atoms with Crippen LogP contribution in [-0.4, -0.2) is 10.5 Å². The van der Waals surface area contributed by atoms with Crippen LogP contribution in [0, 0.1) is 6.92 Å². The molecule has 3 aromatic carbocycles. The third-order valence-corrected chi connectivity index (χ3v) is 6.34. The van der Waals surface area contributed by atoms with E-state index in [0.29, 0.717) is 11.3 Å². The molecule has 0 aliphatic rings. The molecule has 1 N–H and O–H groups in total. The number of halogens is 4. The molecule has 9 heteroatoms. The molecule has 1 aromatic heterocycles. The lowest BCUT2D eigenvalue weighted by atomic mass is 10.2. The van der Waals surface area contributed by atoms with Crippen LogP contribution in [0.5, 0.6) is 0 Å². The first-order valence-electron chi connectivity index (χ1n) is 10.0. The van der Waals surface area contributed by atoms with Crippen molar-refractivity contribution in [2.45, 2.75) is 26.2 Å². The summed E-state index contributed by atoms with van der Waals surface area (Å²) in [5, 5.41) is 2.12. The van der Waals surface area contributed by atoms with Crippen molar-refractivity contribution in [3.63, 3.8) is 0 Å². The number of hydrogen-bond acceptors (Lipinski definition) is 3. The molecule has 0 aliphatic heterocycles. The molecular weight excluding hydrogens is 471 g/mol. The van der Waals surface area contributed by atoms with Gasteiger partial charge in [-0.05, 0) is 48.4 Å². The summed E-state index contributed by atoms with van der Waals surface area (Å²) in [6.45, 7) is 2.33. The monoisotopic (exact) mass is 489 g/mol. The van der Waals surface area contributed by atoms with Crippen molar-refractivity contribution in [1.29, 1.82) is 0 Å². The van der Waals surface area contributed by atoms with Crippen LogP contribution >= 0.6 is 22.9 Å². The Morgan fingerprint density at radius 3 is 2.58 bits per heavy atom. The number of hydrogen-bond donors (Lipinski definition) is 1. The number of nitrogens with zero attached hydrogens (tertiary/aromatic N) is 2. The number of amides is 1. The van der Waals surface area contributed by atoms with Crippen molar-refractivity contribution in [1.82, 2.24) is 4.57 Å². The van der Waals surface area contributed by atoms with Crippen LogP contribution in [0.2, 0.25) is 5.02 Å². The van der Waals surface area contributed by atoms with Gasteiger partial charge in [-0.2, -0.15) is 13.2 Å². The van der Waals surface area contributed by atoms with Gasteiger partial charge in [0.1, 0.15) is 6.54 Å². The number of carbonyl (C=O) groups excluding carboxylic acids is 1. The fourth-order valence-electron chi connectivity index (χ4n) is 3.36. The normalized spacial score (nSPS) is 12.3. The minimum Gasteiger partial charge on any atom is -0.325 e. The Balaban J connectivity index is 1.64. The second kappa shape index (κ2) is 9.41. The predicted octanol–water partition coefficient (Wildman–Crippen LogP) is 6.42. The van der Waals surface area contributed by atoms with Crippen LogP contribution in [0.25, 0.3) is 10.2 Å². The maximum atomic E-state index is 13.1. The van der Waals surface area contributed by atoms with Gasteiger partial charge in [0.15, 0.2) is 4.80 Å². The zero-order valence-electron chi connectivity index (χ0n) is 17.5. The van der Waals surface area contributed by atoms with Gasteiger partial charge in [0.25, 0.3) is 0 Å². The van der Waals surface area contributed by atoms with Crippen LogP contribution in [0.3, 0.4) is 0 Å². The zero-order valence-corrected chi connectivity index (χ0v) is 19.1. The molecule has 0 atom stereocenters. The first-order chi connectivity index (χ1) is 15.7. The molecule has 0 saturated carbocycles. The predicted molar refractivity (Wildman–Crippen MR) is 125 cm³/mol. The quantitative estimate of drug-likeness (QED) is 0.345. The van der Waals surface area contributed by atoms with E-state index in [9.17, 15) is 18.0 Å². The number of rotatable bonds is 5. The van der Waals surface area contributed by atoms with Gasteiger partial charge in [0, 0.05) is 5.69 Å². The van der Waals surface area contributed by atoms with Crippen LogP contribution in [0.1, 0.15) is 16.7 Å². The number of fused-ring (bicyclic) bond motifs is 1. The number of aryl methyl sites for hydroxylation is 1. The zero-order chi connectivity index (χ0) is 23.6. The number of aromatic nitrogens is 1. The molecule has 0 unspecified atom stereocenters. The molecule has 0 bridgehead atoms. The standard InChI is InChI=1S/C24H19ClF3N3OS/c1-15-7-10-20-21(11-15)33-23(29-13-16-5-3-2-4-6-16)31(20)14-22(32)30-17-8-9-19(25)18(12-17)24(26,27)28/h2-12H,13-14H2,1H3,(H,30,32). The summed E-state index contributed by atoms with van der Waals surface area (Å²) >= 11 is 7.13. The van der Waals surface area contributed by atoms with E-state index in [1.807, 2.05) is 55.5 Å². The summed E-state index contributed by atoms with van der Waals surface area (Å²) in [4.78, 5) is 18.1. The Bertz CT molecular complexity index is 1380. The largest absolute Gasteiger partial charge is 0.417 e. The van der Waals surface area contributed by atoms with E-state index in [4.69, 9.17) is 16.6 Å². The maximum Gasteiger partial charge on any atom is 0.417 e. The minimum atomic E-state index is -4.61. The van der Waals surface area contributed by atoms with Crippen LogP contribution in [-0.2, 0) is 24.1 Å². The van der Waals surface area contributed by atoms with E-state index in [1.54, 1.807) is 4.57 Å². The highest BCUT2D eigenvalue weighted by atomic mass is 35.5. The molecule has 170 valence electrons. The van der Waals surface area contributed by atoms with E-state index in [1.165, 1.54) is 17.4 Å². The summed E-state index contributed by atoms with van der Waals surface area (Å²) in [6.07, 6.45) is -4.61. The van der Waals surface area contributed by atoms with Gasteiger partial charge in [0.05, 0.1) is 27.3 Å². The van der Waals surface area contributed by atoms with Gasteiger partial charge >= 0.3 is 6.18 Å². The van der Waals surface area contributed by atoms with Gasteiger partial charge in [-0.3, -0.25) is 9.79 Å². The smallest absolute Gasteiger partial charge is 0.325 e. The summed E-state index contributed by atoms with van der Waals surface area (Å²) in [6, 6.07) is 18.9. The van der Waals surface area contributed by atoms with Gasteiger partial charge in [-0.25, -0.2) is 0 Å². The van der Waals surface area contributed by atoms with Crippen molar-refractivity contribution >= 4 is 44.7 Å². The molecule has 33 heavy (non-hydrogen) atoms. The minimum absolute atomic E-state index is 0.0236. The van der Waals surface area contributed by atoms with E-state index in [0.717, 1.165) is 33.5 Å². The van der Waals surface area contributed by atoms with Gasteiger partial charge in [-0.1, -0.05) is 59.3 Å². The van der Waals surface area contributed by atoms with Crippen LogP contribution < -0.4 is 10.1 Å². The highest BCUT2D eigenvalue weighted by Gasteiger charge is 2.33. The van der Waals surface area contributed by atoms with Gasteiger partial charge in [-0.15, -0.1) is 0 Å². The number of thiazole rings is 1. The summed E-state index contributed by atoms with van der Waals surface area (Å²) in [5.74, 6) is -0.466. The van der Waals surface area contributed by atoms with Crippen molar-refractivity contribution in [2.75, 3.05) is 5.32 Å². The molecule has 4 aromatic rings. The molecular formula is C24H19ClF3N3OS. The maximum absolute atomic E-state index is 13.1. The van der Waals surface area contributed by atoms with E-state index < -0.39 is 22.7 Å². The third kappa shape index (κ3) is 5.46. The number of nitrogens with one attached hydrogen (secondary N) is 1. The number of benzene rings is 3. The molecule has 0 radical (unpaired) electrons. The van der Waals surface area contributed by atoms with Gasteiger partial charge in [0.2, 0.25) is 5.91 Å². The third-order valence-electron chi connectivity index (χ3n) is 4.94. The second-order valence-electron chi connectivity index (χ2n) is 7.48. The first kappa shape index (κ1) is 23.1. The van der Waals surface area contributed by atoms with Crippen molar-refractivity contribution in [3.05, 3.63) is 93.2 Å². The van der Waals surface area contributed by atoms with E-state index in [2.05, 4.69) is 5.32 Å². The van der Waals surface area contributed by atoms with Crippen LogP contribution in [0.15, 0.2) is 71.7 Å². The van der Waals surface area contributed by atoms with Crippen LogP contribution in [0.4, 0.5) is 18.9 Å². The molecule has 4 nitrogen and oxygen atoms in total. The lowest BCUT2D eigenvalue weighted by Crippen LogP contribution is -2.25. The second-order valence-corrected chi connectivity index (χ2v) is 8.90. The molecule has 4 rings (SSSR count). The lowest BCUT2D eigenvalue weighted by Gasteiger charge is -2.12. The Kier molecular flexibility index (Phi) is 6.58. The Labute approximate surface area is 197 Å². The molecule has 0 fully saturated rings. The Hall–Kier alpha value is -3.10. The van der Waals surface area contributed by atoms with E-state index >= 15 is 0 Å². The lowest BCUT2D eigenvalue weighted by molar-refractivity contribution is -0.137. The Morgan fingerprint density at radius 1 is 1.09 bits per heavy atom. The fraction of sp³-hybridized carbons (Fsp3) is 0.167. The average molecular weight is 490 g/mol.